The molecule has 26 heavy (non-hydrogen) atoms. The van der Waals surface area contributed by atoms with E-state index in [2.05, 4.69) is 22.3 Å². The average molecular weight is 347 g/mol. The van der Waals surface area contributed by atoms with E-state index in [-0.39, 0.29) is 6.03 Å². The van der Waals surface area contributed by atoms with Gasteiger partial charge in [-0.3, -0.25) is 0 Å². The Bertz CT molecular complexity index is 861. The lowest BCUT2D eigenvalue weighted by Crippen LogP contribution is -2.39. The van der Waals surface area contributed by atoms with Crippen LogP contribution in [0, 0.1) is 0 Å². The number of nitrogens with zero attached hydrogens (tertiary/aromatic N) is 2. The fourth-order valence-electron chi connectivity index (χ4n) is 2.85. The summed E-state index contributed by atoms with van der Waals surface area (Å²) in [4.78, 5) is 16.8. The molecule has 0 radical (unpaired) electrons. The van der Waals surface area contributed by atoms with Gasteiger partial charge in [0.05, 0.1) is 0 Å². The van der Waals surface area contributed by atoms with Gasteiger partial charge in [-0.25, -0.2) is 4.79 Å². The Morgan fingerprint density at radius 1 is 0.846 bits per heavy atom. The first kappa shape index (κ1) is 18.0. The number of urea groups is 1. The molecule has 4 nitrogen and oxygen atoms in total. The molecule has 0 heterocycles. The van der Waals surface area contributed by atoms with Gasteiger partial charge in [0.25, 0.3) is 0 Å². The van der Waals surface area contributed by atoms with Crippen molar-refractivity contribution in [3.8, 4) is 0 Å². The molecule has 0 aromatic heterocycles. The average Bonchev–Trinajstić information content (AvgIpc) is 2.65. The highest BCUT2D eigenvalue weighted by atomic mass is 16.2. The summed E-state index contributed by atoms with van der Waals surface area (Å²) in [6.45, 7) is 2.08. The third kappa shape index (κ3) is 4.83. The Kier molecular flexibility index (Phi) is 5.87. The molecule has 0 unspecified atom stereocenters. The fraction of sp³-hybridized carbons (Fsp3) is 0.227. The van der Waals surface area contributed by atoms with Gasteiger partial charge in [-0.15, -0.1) is 0 Å². The van der Waals surface area contributed by atoms with Crippen molar-refractivity contribution in [2.24, 2.45) is 0 Å². The zero-order valence-corrected chi connectivity index (χ0v) is 15.4. The van der Waals surface area contributed by atoms with Crippen LogP contribution in [0.15, 0.2) is 72.8 Å². The lowest BCUT2D eigenvalue weighted by molar-refractivity contribution is 0.202. The molecule has 0 atom stereocenters. The van der Waals surface area contributed by atoms with E-state index < -0.39 is 0 Å². The molecule has 0 aliphatic rings. The summed E-state index contributed by atoms with van der Waals surface area (Å²) in [5.74, 6) is 0. The number of likely N-dealkylation sites (N-methyl/N-ethyl adjacent to an activating group) is 1. The van der Waals surface area contributed by atoms with Gasteiger partial charge in [-0.05, 0) is 42.6 Å². The van der Waals surface area contributed by atoms with E-state index in [9.17, 15) is 4.79 Å². The van der Waals surface area contributed by atoms with Gasteiger partial charge in [-0.1, -0.05) is 60.7 Å². The minimum absolute atomic E-state index is 0.0778. The standard InChI is InChI=1S/C22H25N3O/c1-24(2)14-15-25(17-18-8-4-3-5-9-18)22(26)23-21-13-12-19-10-6-7-11-20(19)16-21/h3-13,16H,14-15,17H2,1-2H3,(H,23,26). The number of anilines is 1. The minimum atomic E-state index is -0.0778. The third-order valence-electron chi connectivity index (χ3n) is 4.32. The molecule has 3 rings (SSSR count). The smallest absolute Gasteiger partial charge is 0.319 e. The van der Waals surface area contributed by atoms with Crippen LogP contribution in [0.2, 0.25) is 0 Å². The van der Waals surface area contributed by atoms with E-state index in [1.807, 2.05) is 79.7 Å². The maximum atomic E-state index is 12.9. The summed E-state index contributed by atoms with van der Waals surface area (Å²) < 4.78 is 0. The molecular weight excluding hydrogens is 322 g/mol. The molecule has 0 bridgehead atoms. The van der Waals surface area contributed by atoms with Gasteiger partial charge in [-0.2, -0.15) is 0 Å². The highest BCUT2D eigenvalue weighted by molar-refractivity contribution is 5.93. The maximum Gasteiger partial charge on any atom is 0.322 e. The third-order valence-corrected chi connectivity index (χ3v) is 4.32. The Morgan fingerprint density at radius 3 is 2.27 bits per heavy atom. The molecule has 134 valence electrons. The van der Waals surface area contributed by atoms with Gasteiger partial charge >= 0.3 is 6.03 Å². The van der Waals surface area contributed by atoms with E-state index in [1.54, 1.807) is 0 Å². The van der Waals surface area contributed by atoms with Crippen molar-refractivity contribution in [2.45, 2.75) is 6.54 Å². The number of fused-ring (bicyclic) bond motifs is 1. The largest absolute Gasteiger partial charge is 0.322 e. The van der Waals surface area contributed by atoms with E-state index in [1.165, 1.54) is 5.39 Å². The monoisotopic (exact) mass is 347 g/mol. The number of amides is 2. The molecule has 3 aromatic carbocycles. The molecule has 0 fully saturated rings. The van der Waals surface area contributed by atoms with Crippen LogP contribution in [0.1, 0.15) is 5.56 Å². The Labute approximate surface area is 155 Å². The Balaban J connectivity index is 1.74. The molecular formula is C22H25N3O. The summed E-state index contributed by atoms with van der Waals surface area (Å²) >= 11 is 0. The van der Waals surface area contributed by atoms with Crippen LogP contribution in [0.5, 0.6) is 0 Å². The number of carbonyl (C=O) groups is 1. The second-order valence-corrected chi connectivity index (χ2v) is 6.70. The number of nitrogens with one attached hydrogen (secondary N) is 1. The van der Waals surface area contributed by atoms with Gasteiger partial charge in [0, 0.05) is 25.3 Å². The van der Waals surface area contributed by atoms with Crippen molar-refractivity contribution in [2.75, 3.05) is 32.5 Å². The first-order chi connectivity index (χ1) is 12.6. The molecule has 0 aliphatic carbocycles. The van der Waals surface area contributed by atoms with Crippen molar-refractivity contribution in [3.63, 3.8) is 0 Å². The topological polar surface area (TPSA) is 35.6 Å². The minimum Gasteiger partial charge on any atom is -0.319 e. The predicted octanol–water partition coefficient (Wildman–Crippen LogP) is 4.44. The van der Waals surface area contributed by atoms with Crippen LogP contribution in [-0.4, -0.2) is 43.0 Å². The second-order valence-electron chi connectivity index (χ2n) is 6.70. The predicted molar refractivity (Wildman–Crippen MR) is 108 cm³/mol. The van der Waals surface area contributed by atoms with E-state index in [0.717, 1.165) is 23.2 Å². The van der Waals surface area contributed by atoms with Crippen LogP contribution < -0.4 is 5.32 Å². The van der Waals surface area contributed by atoms with E-state index >= 15 is 0 Å². The van der Waals surface area contributed by atoms with Crippen molar-refractivity contribution >= 4 is 22.5 Å². The highest BCUT2D eigenvalue weighted by Crippen LogP contribution is 2.19. The number of benzene rings is 3. The van der Waals surface area contributed by atoms with Crippen LogP contribution in [0.4, 0.5) is 10.5 Å². The Hall–Kier alpha value is -2.85. The van der Waals surface area contributed by atoms with Crippen molar-refractivity contribution in [3.05, 3.63) is 78.4 Å². The quantitative estimate of drug-likeness (QED) is 0.716. The summed E-state index contributed by atoms with van der Waals surface area (Å²) in [5, 5.41) is 5.33. The summed E-state index contributed by atoms with van der Waals surface area (Å²) in [6.07, 6.45) is 0. The molecule has 2 amide bonds. The van der Waals surface area contributed by atoms with Crippen molar-refractivity contribution in [1.29, 1.82) is 0 Å². The molecule has 0 saturated carbocycles. The fourth-order valence-corrected chi connectivity index (χ4v) is 2.85. The van der Waals surface area contributed by atoms with Crippen LogP contribution in [0.3, 0.4) is 0 Å². The first-order valence-electron chi connectivity index (χ1n) is 8.85. The first-order valence-corrected chi connectivity index (χ1v) is 8.85. The van der Waals surface area contributed by atoms with E-state index in [4.69, 9.17) is 0 Å². The van der Waals surface area contributed by atoms with Gasteiger partial charge in [0.15, 0.2) is 0 Å². The summed E-state index contributed by atoms with van der Waals surface area (Å²) in [6, 6.07) is 24.2. The number of rotatable bonds is 6. The zero-order chi connectivity index (χ0) is 18.4. The van der Waals surface area contributed by atoms with Crippen LogP contribution in [0.25, 0.3) is 10.8 Å². The lowest BCUT2D eigenvalue weighted by Gasteiger charge is -2.25. The summed E-state index contributed by atoms with van der Waals surface area (Å²) in [5.41, 5.74) is 1.94. The molecule has 0 spiro atoms. The van der Waals surface area contributed by atoms with Gasteiger partial charge < -0.3 is 15.1 Å². The van der Waals surface area contributed by atoms with Crippen molar-refractivity contribution < 1.29 is 4.79 Å². The molecule has 3 aromatic rings. The maximum absolute atomic E-state index is 12.9. The molecule has 0 aliphatic heterocycles. The number of hydrogen-bond donors (Lipinski definition) is 1. The SMILES string of the molecule is CN(C)CCN(Cc1ccccc1)C(=O)Nc1ccc2ccccc2c1. The zero-order valence-electron chi connectivity index (χ0n) is 15.4. The summed E-state index contributed by atoms with van der Waals surface area (Å²) in [7, 11) is 4.03. The molecule has 1 N–H and O–H groups in total. The van der Waals surface area contributed by atoms with Gasteiger partial charge in [0.1, 0.15) is 0 Å². The lowest BCUT2D eigenvalue weighted by atomic mass is 10.1. The second kappa shape index (κ2) is 8.50. The van der Waals surface area contributed by atoms with Crippen LogP contribution >= 0.6 is 0 Å². The molecule has 0 saturated heterocycles. The number of carbonyl (C=O) groups excluding carboxylic acids is 1. The van der Waals surface area contributed by atoms with E-state index in [0.29, 0.717) is 13.1 Å². The molecule has 4 heteroatoms. The van der Waals surface area contributed by atoms with Crippen molar-refractivity contribution in [1.82, 2.24) is 9.80 Å². The van der Waals surface area contributed by atoms with Gasteiger partial charge in [0.2, 0.25) is 0 Å². The normalized spacial score (nSPS) is 10.9. The van der Waals surface area contributed by atoms with Crippen LogP contribution in [-0.2, 0) is 6.54 Å². The highest BCUT2D eigenvalue weighted by Gasteiger charge is 2.14. The number of hydrogen-bond acceptors (Lipinski definition) is 2. The Morgan fingerprint density at radius 2 is 1.54 bits per heavy atom.